The van der Waals surface area contributed by atoms with Crippen molar-refractivity contribution in [3.63, 3.8) is 0 Å². The van der Waals surface area contributed by atoms with Crippen molar-refractivity contribution in [2.75, 3.05) is 19.6 Å². The second-order valence-electron chi connectivity index (χ2n) is 4.93. The summed E-state index contributed by atoms with van der Waals surface area (Å²) in [5.74, 6) is 0.611. The van der Waals surface area contributed by atoms with Crippen LogP contribution in [-0.4, -0.2) is 36.5 Å². The van der Waals surface area contributed by atoms with Gasteiger partial charge in [0.15, 0.2) is 0 Å². The number of hydrogen-bond donors (Lipinski definition) is 1. The van der Waals surface area contributed by atoms with Crippen molar-refractivity contribution in [2.24, 2.45) is 0 Å². The Hall–Kier alpha value is -1.26. The molecule has 0 bridgehead atoms. The van der Waals surface area contributed by atoms with Gasteiger partial charge in [0.25, 0.3) is 5.91 Å². The number of furan rings is 1. The Bertz CT molecular complexity index is 462. The van der Waals surface area contributed by atoms with Gasteiger partial charge in [-0.3, -0.25) is 9.69 Å². The van der Waals surface area contributed by atoms with Crippen LogP contribution in [0.4, 0.5) is 0 Å². The summed E-state index contributed by atoms with van der Waals surface area (Å²) in [5.41, 5.74) is 0.622. The number of amides is 1. The first kappa shape index (κ1) is 14.2. The van der Waals surface area contributed by atoms with Gasteiger partial charge in [-0.1, -0.05) is 18.2 Å². The highest BCUT2D eigenvalue weighted by molar-refractivity contribution is 6.29. The molecule has 104 valence electrons. The van der Waals surface area contributed by atoms with E-state index in [1.165, 1.54) is 0 Å². The molecule has 0 aliphatic carbocycles. The predicted molar refractivity (Wildman–Crippen MR) is 75.4 cm³/mol. The summed E-state index contributed by atoms with van der Waals surface area (Å²) >= 11 is 5.80. The molecule has 1 aromatic rings. The van der Waals surface area contributed by atoms with E-state index in [9.17, 15) is 4.79 Å². The van der Waals surface area contributed by atoms with Gasteiger partial charge in [0.1, 0.15) is 5.76 Å². The van der Waals surface area contributed by atoms with Crippen molar-refractivity contribution in [3.05, 3.63) is 35.3 Å². The van der Waals surface area contributed by atoms with Gasteiger partial charge in [0, 0.05) is 30.7 Å². The van der Waals surface area contributed by atoms with E-state index in [-0.39, 0.29) is 11.9 Å². The van der Waals surface area contributed by atoms with Crippen LogP contribution in [0, 0.1) is 6.92 Å². The molecule has 2 rings (SSSR count). The molecule has 1 N–H and O–H groups in total. The second kappa shape index (κ2) is 6.26. The molecule has 1 aliphatic heterocycles. The van der Waals surface area contributed by atoms with Crippen molar-refractivity contribution in [2.45, 2.75) is 25.8 Å². The zero-order chi connectivity index (χ0) is 13.8. The van der Waals surface area contributed by atoms with Gasteiger partial charge < -0.3 is 9.73 Å². The highest BCUT2D eigenvalue weighted by Gasteiger charge is 2.22. The Morgan fingerprint density at radius 2 is 2.26 bits per heavy atom. The highest BCUT2D eigenvalue weighted by atomic mass is 35.5. The van der Waals surface area contributed by atoms with Crippen molar-refractivity contribution >= 4 is 17.5 Å². The van der Waals surface area contributed by atoms with Crippen molar-refractivity contribution in [3.8, 4) is 0 Å². The van der Waals surface area contributed by atoms with E-state index in [4.69, 9.17) is 16.0 Å². The van der Waals surface area contributed by atoms with Gasteiger partial charge in [-0.25, -0.2) is 0 Å². The summed E-state index contributed by atoms with van der Waals surface area (Å²) in [6.45, 7) is 8.09. The van der Waals surface area contributed by atoms with E-state index in [2.05, 4.69) is 16.8 Å². The fraction of sp³-hybridized carbons (Fsp3) is 0.500. The third kappa shape index (κ3) is 3.85. The third-order valence-electron chi connectivity index (χ3n) is 3.42. The summed E-state index contributed by atoms with van der Waals surface area (Å²) in [5, 5.41) is 3.72. The molecule has 0 atom stereocenters. The van der Waals surface area contributed by atoms with Crippen molar-refractivity contribution in [1.29, 1.82) is 0 Å². The van der Waals surface area contributed by atoms with Crippen LogP contribution < -0.4 is 5.32 Å². The first-order chi connectivity index (χ1) is 9.06. The van der Waals surface area contributed by atoms with Gasteiger partial charge in [-0.2, -0.15) is 0 Å². The summed E-state index contributed by atoms with van der Waals surface area (Å²) in [7, 11) is 0. The lowest BCUT2D eigenvalue weighted by molar-refractivity contribution is 0.0912. The molecule has 19 heavy (non-hydrogen) atoms. The van der Waals surface area contributed by atoms with Gasteiger partial charge in [-0.05, 0) is 25.8 Å². The second-order valence-corrected chi connectivity index (χ2v) is 5.47. The fourth-order valence-electron chi connectivity index (χ4n) is 2.36. The predicted octanol–water partition coefficient (Wildman–Crippen LogP) is 2.53. The molecule has 0 radical (unpaired) electrons. The average molecular weight is 283 g/mol. The van der Waals surface area contributed by atoms with Crippen LogP contribution in [0.1, 0.15) is 29.0 Å². The number of carbonyl (C=O) groups excluding carboxylic acids is 1. The van der Waals surface area contributed by atoms with Crippen LogP contribution in [0.15, 0.2) is 28.4 Å². The molecule has 5 heteroatoms. The standard InChI is InChI=1S/C14H19ClN2O2/c1-10(15)9-17-6-3-12(4-7-17)16-14(18)13-5-8-19-11(13)2/h5,8,12H,1,3-4,6-7,9H2,2H3,(H,16,18). The number of halogens is 1. The number of nitrogens with zero attached hydrogens (tertiary/aromatic N) is 1. The molecule has 0 unspecified atom stereocenters. The molecule has 1 aliphatic rings. The summed E-state index contributed by atoms with van der Waals surface area (Å²) in [4.78, 5) is 14.3. The monoisotopic (exact) mass is 282 g/mol. The number of aryl methyl sites for hydroxylation is 1. The number of carbonyl (C=O) groups is 1. The molecule has 1 fully saturated rings. The molecule has 1 amide bonds. The molecule has 4 nitrogen and oxygen atoms in total. The molecule has 1 aromatic heterocycles. The minimum absolute atomic E-state index is 0.0496. The topological polar surface area (TPSA) is 45.5 Å². The largest absolute Gasteiger partial charge is 0.469 e. The Kier molecular flexibility index (Phi) is 4.66. The Labute approximate surface area is 118 Å². The van der Waals surface area contributed by atoms with Crippen LogP contribution in [0.3, 0.4) is 0 Å². The number of hydrogen-bond acceptors (Lipinski definition) is 3. The maximum Gasteiger partial charge on any atom is 0.255 e. The van der Waals surface area contributed by atoms with E-state index >= 15 is 0 Å². The van der Waals surface area contributed by atoms with E-state index in [1.807, 2.05) is 0 Å². The van der Waals surface area contributed by atoms with Crippen molar-refractivity contribution < 1.29 is 9.21 Å². The smallest absolute Gasteiger partial charge is 0.255 e. The van der Waals surface area contributed by atoms with E-state index in [0.29, 0.717) is 16.4 Å². The zero-order valence-electron chi connectivity index (χ0n) is 11.1. The Morgan fingerprint density at radius 1 is 1.58 bits per heavy atom. The van der Waals surface area contributed by atoms with Crippen LogP contribution >= 0.6 is 11.6 Å². The van der Waals surface area contributed by atoms with E-state index in [1.54, 1.807) is 19.3 Å². The van der Waals surface area contributed by atoms with E-state index < -0.39 is 0 Å². The minimum Gasteiger partial charge on any atom is -0.469 e. The zero-order valence-corrected chi connectivity index (χ0v) is 11.9. The normalized spacial score (nSPS) is 17.4. The number of rotatable bonds is 4. The molecular weight excluding hydrogens is 264 g/mol. The third-order valence-corrected chi connectivity index (χ3v) is 3.54. The molecule has 0 spiro atoms. The summed E-state index contributed by atoms with van der Waals surface area (Å²) < 4.78 is 5.14. The molecule has 2 heterocycles. The quantitative estimate of drug-likeness (QED) is 0.923. The van der Waals surface area contributed by atoms with Gasteiger partial charge in [0.05, 0.1) is 11.8 Å². The molecule has 1 saturated heterocycles. The first-order valence-electron chi connectivity index (χ1n) is 6.47. The Morgan fingerprint density at radius 3 is 2.79 bits per heavy atom. The van der Waals surface area contributed by atoms with Gasteiger partial charge in [-0.15, -0.1) is 0 Å². The number of nitrogens with one attached hydrogen (secondary N) is 1. The number of piperidine rings is 1. The molecular formula is C14H19ClN2O2. The lowest BCUT2D eigenvalue weighted by Gasteiger charge is -2.32. The summed E-state index contributed by atoms with van der Waals surface area (Å²) in [6, 6.07) is 1.93. The van der Waals surface area contributed by atoms with E-state index in [0.717, 1.165) is 32.5 Å². The lowest BCUT2D eigenvalue weighted by atomic mass is 10.0. The number of likely N-dealkylation sites (tertiary alicyclic amines) is 1. The molecule has 0 saturated carbocycles. The highest BCUT2D eigenvalue weighted by Crippen LogP contribution is 2.14. The van der Waals surface area contributed by atoms with Gasteiger partial charge in [0.2, 0.25) is 0 Å². The van der Waals surface area contributed by atoms with Crippen molar-refractivity contribution in [1.82, 2.24) is 10.2 Å². The molecule has 0 aromatic carbocycles. The average Bonchev–Trinajstić information content (AvgIpc) is 2.77. The van der Waals surface area contributed by atoms with Crippen LogP contribution in [-0.2, 0) is 0 Å². The van der Waals surface area contributed by atoms with Crippen LogP contribution in [0.5, 0.6) is 0 Å². The summed E-state index contributed by atoms with van der Waals surface area (Å²) in [6.07, 6.45) is 3.42. The van der Waals surface area contributed by atoms with Crippen LogP contribution in [0.25, 0.3) is 0 Å². The SMILES string of the molecule is C=C(Cl)CN1CCC(NC(=O)c2ccoc2C)CC1. The maximum absolute atomic E-state index is 12.0. The fourth-order valence-corrected chi connectivity index (χ4v) is 2.53. The Balaban J connectivity index is 1.81. The van der Waals surface area contributed by atoms with Gasteiger partial charge >= 0.3 is 0 Å². The minimum atomic E-state index is -0.0496. The maximum atomic E-state index is 12.0. The lowest BCUT2D eigenvalue weighted by Crippen LogP contribution is -2.44. The van der Waals surface area contributed by atoms with Crippen LogP contribution in [0.2, 0.25) is 0 Å². The first-order valence-corrected chi connectivity index (χ1v) is 6.84.